The number of benzene rings is 2. The van der Waals surface area contributed by atoms with E-state index in [1.54, 1.807) is 23.1 Å². The molecule has 0 saturated heterocycles. The summed E-state index contributed by atoms with van der Waals surface area (Å²) < 4.78 is 13.1. The summed E-state index contributed by atoms with van der Waals surface area (Å²) >= 11 is 3.55. The molecule has 194 valence electrons. The molecule has 0 unspecified atom stereocenters. The quantitative estimate of drug-likeness (QED) is 0.153. The number of fused-ring (bicyclic) bond motifs is 2. The summed E-state index contributed by atoms with van der Waals surface area (Å²) in [6.07, 6.45) is 10.8. The van der Waals surface area contributed by atoms with Gasteiger partial charge in [0.2, 0.25) is 5.52 Å². The summed E-state index contributed by atoms with van der Waals surface area (Å²) in [5.41, 5.74) is 2.43. The highest BCUT2D eigenvalue weighted by Crippen LogP contribution is 2.45. The van der Waals surface area contributed by atoms with Crippen molar-refractivity contribution in [3.63, 3.8) is 0 Å². The number of hydrogen-bond donors (Lipinski definition) is 0. The first-order valence-corrected chi connectivity index (χ1v) is 14.2. The van der Waals surface area contributed by atoms with Gasteiger partial charge < -0.3 is 14.4 Å². The number of anilines is 1. The number of carbonyl (C=O) groups excluding carboxylic acids is 2. The number of rotatable bonds is 12. The van der Waals surface area contributed by atoms with E-state index in [2.05, 4.69) is 76.2 Å². The average Bonchev–Trinajstić information content (AvgIpc) is 3.46. The Morgan fingerprint density at radius 1 is 0.919 bits per heavy atom. The second-order valence-corrected chi connectivity index (χ2v) is 10.8. The molecule has 0 spiro atoms. The summed E-state index contributed by atoms with van der Waals surface area (Å²) in [6.45, 7) is 1.70. The zero-order chi connectivity index (χ0) is 26.0. The number of carbonyl (C=O) groups is 2. The van der Waals surface area contributed by atoms with E-state index in [0.29, 0.717) is 12.8 Å². The van der Waals surface area contributed by atoms with Gasteiger partial charge in [-0.05, 0) is 43.5 Å². The Bertz CT molecular complexity index is 1300. The van der Waals surface area contributed by atoms with E-state index in [-0.39, 0.29) is 11.9 Å². The van der Waals surface area contributed by atoms with Crippen LogP contribution in [-0.4, -0.2) is 32.7 Å². The molecule has 0 amide bonds. The van der Waals surface area contributed by atoms with Crippen molar-refractivity contribution < 1.29 is 23.6 Å². The Hall–Kier alpha value is -3.10. The van der Waals surface area contributed by atoms with Gasteiger partial charge in [-0.25, -0.2) is 0 Å². The summed E-state index contributed by atoms with van der Waals surface area (Å²) in [7, 11) is 2.87. The van der Waals surface area contributed by atoms with E-state index >= 15 is 0 Å². The lowest BCUT2D eigenvalue weighted by atomic mass is 10.2. The molecule has 4 rings (SSSR count). The average molecular weight is 538 g/mol. The number of aryl methyl sites for hydroxylation is 1. The smallest absolute Gasteiger partial charge is 0.305 e. The number of esters is 2. The highest BCUT2D eigenvalue weighted by atomic mass is 32.2. The van der Waals surface area contributed by atoms with Crippen molar-refractivity contribution in [2.45, 2.75) is 50.0 Å². The number of nitrogens with zero attached hydrogens (tertiary/aromatic N) is 2. The third-order valence-electron chi connectivity index (χ3n) is 6.23. The fourth-order valence-electron chi connectivity index (χ4n) is 4.31. The van der Waals surface area contributed by atoms with Crippen LogP contribution in [-0.2, 0) is 25.6 Å². The van der Waals surface area contributed by atoms with Gasteiger partial charge in [-0.3, -0.25) is 9.59 Å². The first kappa shape index (κ1) is 26.9. The predicted octanol–water partition coefficient (Wildman–Crippen LogP) is 6.34. The number of para-hydroxylation sites is 2. The molecule has 3 aromatic rings. The van der Waals surface area contributed by atoms with E-state index in [9.17, 15) is 9.59 Å². The molecule has 1 aliphatic rings. The Labute approximate surface area is 226 Å². The Morgan fingerprint density at radius 2 is 1.62 bits per heavy atom. The van der Waals surface area contributed by atoms with Gasteiger partial charge in [0.25, 0.3) is 5.01 Å². The number of allylic oxidation sites excluding steroid dienone is 2. The van der Waals surface area contributed by atoms with E-state index in [1.165, 1.54) is 45.1 Å². The Balaban J connectivity index is 1.49. The zero-order valence-corrected chi connectivity index (χ0v) is 23.0. The summed E-state index contributed by atoms with van der Waals surface area (Å²) in [5.74, 6) is -0.311. The van der Waals surface area contributed by atoms with Crippen LogP contribution in [0.5, 0.6) is 0 Å². The minimum absolute atomic E-state index is 0.156. The second kappa shape index (κ2) is 13.4. The maximum atomic E-state index is 11.5. The molecule has 6 nitrogen and oxygen atoms in total. The minimum Gasteiger partial charge on any atom is -0.469 e. The van der Waals surface area contributed by atoms with Gasteiger partial charge in [0.05, 0.1) is 24.9 Å². The van der Waals surface area contributed by atoms with Gasteiger partial charge in [-0.2, -0.15) is 4.57 Å². The van der Waals surface area contributed by atoms with Crippen molar-refractivity contribution in [2.24, 2.45) is 0 Å². The normalized spacial score (nSPS) is 14.0. The van der Waals surface area contributed by atoms with Crippen LogP contribution in [0.2, 0.25) is 0 Å². The van der Waals surface area contributed by atoms with E-state index in [0.717, 1.165) is 38.8 Å². The lowest BCUT2D eigenvalue weighted by Crippen LogP contribution is -2.35. The van der Waals surface area contributed by atoms with Gasteiger partial charge in [0, 0.05) is 42.8 Å². The van der Waals surface area contributed by atoms with Gasteiger partial charge in [-0.1, -0.05) is 53.4 Å². The molecular formula is C29H33N2O4S2+. The first-order valence-electron chi connectivity index (χ1n) is 12.6. The molecule has 0 aliphatic carbocycles. The molecule has 2 heterocycles. The van der Waals surface area contributed by atoms with Gasteiger partial charge >= 0.3 is 11.9 Å². The number of aromatic nitrogens is 1. The topological polar surface area (TPSA) is 59.7 Å². The third kappa shape index (κ3) is 7.02. The molecular weight excluding hydrogens is 504 g/mol. The molecule has 37 heavy (non-hydrogen) atoms. The van der Waals surface area contributed by atoms with Crippen LogP contribution in [0.15, 0.2) is 70.6 Å². The number of methoxy groups -OCH3 is 2. The maximum Gasteiger partial charge on any atom is 0.305 e. The zero-order valence-electron chi connectivity index (χ0n) is 21.4. The molecule has 0 atom stereocenters. The molecule has 8 heteroatoms. The Morgan fingerprint density at radius 3 is 2.41 bits per heavy atom. The lowest BCUT2D eigenvalue weighted by Gasteiger charge is -2.20. The van der Waals surface area contributed by atoms with Gasteiger partial charge in [0.1, 0.15) is 4.70 Å². The van der Waals surface area contributed by atoms with Crippen molar-refractivity contribution >= 4 is 57.0 Å². The fourth-order valence-corrected chi connectivity index (χ4v) is 6.51. The standard InChI is InChI=1S/C29H33N2O4S2/c1-34-28(32)18-7-9-20-30-22-12-3-5-14-24(22)36-26(30)16-11-17-27-31(21-10-8-19-29(33)35-2)23-13-4-6-15-25(23)37-27/h3-6,11-17H,7-10,18-21H2,1-2H3/q+1. The van der Waals surface area contributed by atoms with Crippen LogP contribution < -0.4 is 9.47 Å². The largest absolute Gasteiger partial charge is 0.469 e. The van der Waals surface area contributed by atoms with Crippen LogP contribution in [0.25, 0.3) is 16.3 Å². The molecule has 0 saturated carbocycles. The molecule has 1 aromatic heterocycles. The monoisotopic (exact) mass is 537 g/mol. The lowest BCUT2D eigenvalue weighted by molar-refractivity contribution is -0.669. The fraction of sp³-hybridized carbons (Fsp3) is 0.345. The van der Waals surface area contributed by atoms with Crippen LogP contribution in [0, 0.1) is 0 Å². The number of thiazole rings is 1. The van der Waals surface area contributed by atoms with Crippen LogP contribution in [0.3, 0.4) is 0 Å². The summed E-state index contributed by atoms with van der Waals surface area (Å²) in [5, 5.41) is 2.36. The molecule has 1 aliphatic heterocycles. The number of hydrogen-bond acceptors (Lipinski definition) is 7. The number of thioether (sulfide) groups is 1. The molecule has 2 aromatic carbocycles. The molecule has 0 N–H and O–H groups in total. The van der Waals surface area contributed by atoms with Crippen molar-refractivity contribution in [3.8, 4) is 0 Å². The maximum absolute atomic E-state index is 11.5. The number of ether oxygens (including phenoxy) is 2. The van der Waals surface area contributed by atoms with Crippen molar-refractivity contribution in [3.05, 3.63) is 70.7 Å². The highest BCUT2D eigenvalue weighted by molar-refractivity contribution is 8.03. The van der Waals surface area contributed by atoms with Gasteiger partial charge in [0.15, 0.2) is 6.54 Å². The Kier molecular flexibility index (Phi) is 9.79. The van der Waals surface area contributed by atoms with E-state index in [1.807, 2.05) is 0 Å². The second-order valence-electron chi connectivity index (χ2n) is 8.71. The summed E-state index contributed by atoms with van der Waals surface area (Å²) in [4.78, 5) is 26.6. The molecule has 0 fully saturated rings. The van der Waals surface area contributed by atoms with Crippen LogP contribution >= 0.6 is 23.1 Å². The molecule has 0 bridgehead atoms. The van der Waals surface area contributed by atoms with Crippen molar-refractivity contribution in [2.75, 3.05) is 25.7 Å². The minimum atomic E-state index is -0.156. The van der Waals surface area contributed by atoms with Gasteiger partial charge in [-0.15, -0.1) is 0 Å². The SMILES string of the molecule is COC(=O)CCCCN1/C(=C\C=C\c2sc3ccccc3[n+]2CCCCC(=O)OC)Sc2ccccc21. The van der Waals surface area contributed by atoms with Crippen molar-refractivity contribution in [1.82, 2.24) is 0 Å². The first-order chi connectivity index (χ1) is 18.1. The third-order valence-corrected chi connectivity index (χ3v) is 8.49. The summed E-state index contributed by atoms with van der Waals surface area (Å²) in [6, 6.07) is 16.9. The van der Waals surface area contributed by atoms with E-state index < -0.39 is 0 Å². The number of unbranched alkanes of at least 4 members (excludes halogenated alkanes) is 2. The molecule has 0 radical (unpaired) electrons. The van der Waals surface area contributed by atoms with Crippen molar-refractivity contribution in [1.29, 1.82) is 0 Å². The highest BCUT2D eigenvalue weighted by Gasteiger charge is 2.24. The van der Waals surface area contributed by atoms with Crippen LogP contribution in [0.1, 0.15) is 43.5 Å². The van der Waals surface area contributed by atoms with Crippen LogP contribution in [0.4, 0.5) is 5.69 Å². The van der Waals surface area contributed by atoms with E-state index in [4.69, 9.17) is 9.47 Å². The predicted molar refractivity (Wildman–Crippen MR) is 151 cm³/mol.